The molecule has 0 N–H and O–H groups in total. The van der Waals surface area contributed by atoms with Crippen molar-refractivity contribution in [2.75, 3.05) is 0 Å². The second kappa shape index (κ2) is 3.70. The number of hydrogen-bond acceptors (Lipinski definition) is 2. The third-order valence-electron chi connectivity index (χ3n) is 2.79. The molecule has 1 aromatic carbocycles. The van der Waals surface area contributed by atoms with Crippen LogP contribution in [-0.2, 0) is 0 Å². The number of thiol groups is 1. The average molecular weight is 270 g/mol. The summed E-state index contributed by atoms with van der Waals surface area (Å²) < 4.78 is 5.22. The first kappa shape index (κ1) is 10.2. The Labute approximate surface area is 98.3 Å². The molecule has 1 aromatic rings. The van der Waals surface area contributed by atoms with Gasteiger partial charge in [0.25, 0.3) is 0 Å². The second-order valence-electron chi connectivity index (χ2n) is 4.02. The summed E-state index contributed by atoms with van der Waals surface area (Å²) in [6, 6.07) is 8.26. The van der Waals surface area contributed by atoms with Crippen LogP contribution in [-0.4, -0.2) is 5.71 Å². The molecule has 1 aliphatic carbocycles. The zero-order chi connectivity index (χ0) is 10.2. The molecule has 1 fully saturated rings. The summed E-state index contributed by atoms with van der Waals surface area (Å²) in [7, 11) is 0. The molecule has 0 aliphatic heterocycles. The van der Waals surface area contributed by atoms with Crippen LogP contribution < -0.4 is 0 Å². The first-order valence-corrected chi connectivity index (χ1v) is 5.83. The van der Waals surface area contributed by atoms with Crippen LogP contribution in [0.25, 0.3) is 0 Å². The lowest BCUT2D eigenvalue weighted by atomic mass is 9.96. The molecule has 0 spiro atoms. The molecule has 0 unspecified atom stereocenters. The minimum atomic E-state index is 0.273. The Balaban J connectivity index is 2.33. The van der Waals surface area contributed by atoms with Crippen LogP contribution in [0.4, 0.5) is 0 Å². The lowest BCUT2D eigenvalue weighted by Gasteiger charge is -2.11. The van der Waals surface area contributed by atoms with E-state index in [-0.39, 0.29) is 5.41 Å². The number of benzene rings is 1. The lowest BCUT2D eigenvalue weighted by Crippen LogP contribution is -2.12. The predicted molar refractivity (Wildman–Crippen MR) is 67.0 cm³/mol. The van der Waals surface area contributed by atoms with E-state index in [1.54, 1.807) is 0 Å². The third kappa shape index (κ3) is 1.89. The van der Waals surface area contributed by atoms with Crippen molar-refractivity contribution in [2.24, 2.45) is 9.81 Å². The van der Waals surface area contributed by atoms with Gasteiger partial charge in [-0.3, -0.25) is 0 Å². The molecule has 0 aromatic heterocycles. The fourth-order valence-corrected chi connectivity index (χ4v) is 2.18. The van der Waals surface area contributed by atoms with Gasteiger partial charge in [-0.2, -0.15) is 0 Å². The fraction of sp³-hybridized carbons (Fsp3) is 0.364. The van der Waals surface area contributed by atoms with Gasteiger partial charge in [0.2, 0.25) is 0 Å². The van der Waals surface area contributed by atoms with E-state index in [1.165, 1.54) is 18.4 Å². The smallest absolute Gasteiger partial charge is 0.0615 e. The van der Waals surface area contributed by atoms with Gasteiger partial charge in [0.15, 0.2) is 0 Å². The van der Waals surface area contributed by atoms with Gasteiger partial charge in [-0.05, 0) is 43.4 Å². The molecule has 14 heavy (non-hydrogen) atoms. The zero-order valence-electron chi connectivity index (χ0n) is 8.00. The van der Waals surface area contributed by atoms with Crippen LogP contribution in [0.5, 0.6) is 0 Å². The van der Waals surface area contributed by atoms with Crippen molar-refractivity contribution in [3.63, 3.8) is 0 Å². The Morgan fingerprint density at radius 3 is 2.36 bits per heavy atom. The van der Waals surface area contributed by atoms with Gasteiger partial charge >= 0.3 is 0 Å². The molecule has 0 heterocycles. The summed E-state index contributed by atoms with van der Waals surface area (Å²) in [5.74, 6) is 0. The predicted octanol–water partition coefficient (Wildman–Crippen LogP) is 3.88. The van der Waals surface area contributed by atoms with E-state index in [4.69, 9.17) is 0 Å². The molecule has 0 radical (unpaired) electrons. The topological polar surface area (TPSA) is 12.4 Å². The van der Waals surface area contributed by atoms with Crippen molar-refractivity contribution < 1.29 is 0 Å². The first-order chi connectivity index (χ1) is 6.65. The van der Waals surface area contributed by atoms with Crippen LogP contribution in [0.3, 0.4) is 0 Å². The number of hydrogen-bond donors (Lipinski definition) is 1. The van der Waals surface area contributed by atoms with Gasteiger partial charge in [0.05, 0.1) is 5.71 Å². The molecule has 0 saturated heterocycles. The molecule has 1 saturated carbocycles. The number of halogens is 1. The first-order valence-electron chi connectivity index (χ1n) is 4.64. The maximum atomic E-state index is 4.12. The molecule has 1 aliphatic rings. The Bertz CT molecular complexity index is 365. The second-order valence-corrected chi connectivity index (χ2v) is 5.13. The van der Waals surface area contributed by atoms with Crippen molar-refractivity contribution in [1.29, 1.82) is 0 Å². The van der Waals surface area contributed by atoms with E-state index in [0.29, 0.717) is 0 Å². The van der Waals surface area contributed by atoms with E-state index in [9.17, 15) is 0 Å². The molecule has 2 rings (SSSR count). The molecule has 0 atom stereocenters. The zero-order valence-corrected chi connectivity index (χ0v) is 10.5. The molecule has 0 bridgehead atoms. The molecule has 0 amide bonds. The van der Waals surface area contributed by atoms with Crippen LogP contribution in [0.2, 0.25) is 0 Å². The lowest BCUT2D eigenvalue weighted by molar-refractivity contribution is 0.807. The summed E-state index contributed by atoms with van der Waals surface area (Å²) in [6.07, 6.45) is 2.45. The highest BCUT2D eigenvalue weighted by atomic mass is 79.9. The van der Waals surface area contributed by atoms with Gasteiger partial charge in [-0.15, -0.1) is 0 Å². The summed E-state index contributed by atoms with van der Waals surface area (Å²) in [6.45, 7) is 2.24. The highest BCUT2D eigenvalue weighted by molar-refractivity contribution is 9.10. The monoisotopic (exact) mass is 269 g/mol. The Morgan fingerprint density at radius 2 is 1.93 bits per heavy atom. The van der Waals surface area contributed by atoms with Gasteiger partial charge in [-0.1, -0.05) is 35.0 Å². The summed E-state index contributed by atoms with van der Waals surface area (Å²) in [4.78, 5) is 0. The third-order valence-corrected chi connectivity index (χ3v) is 3.52. The molecule has 3 heteroatoms. The summed E-state index contributed by atoms with van der Waals surface area (Å²) in [5, 5.41) is 0. The Hall–Kier alpha value is -0.280. The van der Waals surface area contributed by atoms with E-state index in [2.05, 4.69) is 52.2 Å². The van der Waals surface area contributed by atoms with Crippen LogP contribution >= 0.6 is 28.7 Å². The Kier molecular flexibility index (Phi) is 2.71. The average Bonchev–Trinajstić information content (AvgIpc) is 2.89. The highest BCUT2D eigenvalue weighted by Gasteiger charge is 2.42. The van der Waals surface area contributed by atoms with E-state index >= 15 is 0 Å². The van der Waals surface area contributed by atoms with Gasteiger partial charge in [0, 0.05) is 9.89 Å². The van der Waals surface area contributed by atoms with Crippen molar-refractivity contribution in [1.82, 2.24) is 0 Å². The molecule has 1 nitrogen and oxygen atoms in total. The van der Waals surface area contributed by atoms with Gasteiger partial charge < -0.3 is 0 Å². The maximum Gasteiger partial charge on any atom is 0.0615 e. The normalized spacial score (nSPS) is 19.5. The summed E-state index contributed by atoms with van der Waals surface area (Å²) >= 11 is 7.49. The van der Waals surface area contributed by atoms with E-state index in [1.807, 2.05) is 12.1 Å². The largest absolute Gasteiger partial charge is 0.223 e. The minimum Gasteiger partial charge on any atom is -0.223 e. The van der Waals surface area contributed by atoms with Crippen molar-refractivity contribution in [3.8, 4) is 0 Å². The molecule has 74 valence electrons. The van der Waals surface area contributed by atoms with Crippen molar-refractivity contribution in [3.05, 3.63) is 34.3 Å². The maximum absolute atomic E-state index is 4.12. The SMILES string of the molecule is CC1(C(=NS)c2ccc(Br)cc2)CC1. The minimum absolute atomic E-state index is 0.273. The number of rotatable bonds is 2. The van der Waals surface area contributed by atoms with Gasteiger partial charge in [-0.25, -0.2) is 4.40 Å². The standard InChI is InChI=1S/C11H12BrNS/c1-11(6-7-11)10(13-14)8-2-4-9(12)5-3-8/h2-5,14H,6-7H2,1H3. The van der Waals surface area contributed by atoms with Crippen LogP contribution in [0.1, 0.15) is 25.3 Å². The van der Waals surface area contributed by atoms with Gasteiger partial charge in [0.1, 0.15) is 0 Å². The van der Waals surface area contributed by atoms with Crippen molar-refractivity contribution in [2.45, 2.75) is 19.8 Å². The van der Waals surface area contributed by atoms with Crippen LogP contribution in [0, 0.1) is 5.41 Å². The van der Waals surface area contributed by atoms with Crippen LogP contribution in [0.15, 0.2) is 33.1 Å². The van der Waals surface area contributed by atoms with E-state index < -0.39 is 0 Å². The summed E-state index contributed by atoms with van der Waals surface area (Å²) in [5.41, 5.74) is 2.58. The highest BCUT2D eigenvalue weighted by Crippen LogP contribution is 2.48. The molecular formula is C11H12BrNS. The fourth-order valence-electron chi connectivity index (χ4n) is 1.56. The quantitative estimate of drug-likeness (QED) is 0.618. The van der Waals surface area contributed by atoms with E-state index in [0.717, 1.165) is 10.2 Å². The molecular weight excluding hydrogens is 258 g/mol. The Morgan fingerprint density at radius 1 is 1.36 bits per heavy atom. The van der Waals surface area contributed by atoms with Crippen molar-refractivity contribution >= 4 is 34.5 Å². The number of nitrogens with zero attached hydrogens (tertiary/aromatic N) is 1.